The van der Waals surface area contributed by atoms with Crippen LogP contribution in [0, 0.1) is 6.92 Å². The number of rotatable bonds is 12. The molecule has 10 heteroatoms. The van der Waals surface area contributed by atoms with E-state index in [4.69, 9.17) is 21.1 Å². The molecule has 212 valence electrons. The van der Waals surface area contributed by atoms with E-state index in [0.717, 1.165) is 9.87 Å². The third-order valence-corrected chi connectivity index (χ3v) is 8.01. The molecule has 4 aromatic carbocycles. The molecule has 0 bridgehead atoms. The van der Waals surface area contributed by atoms with Crippen LogP contribution in [0.4, 0.5) is 5.69 Å². The molecule has 4 aromatic rings. The highest BCUT2D eigenvalue weighted by molar-refractivity contribution is 7.92. The summed E-state index contributed by atoms with van der Waals surface area (Å²) < 4.78 is 39.7. The molecule has 0 aliphatic carbocycles. The fourth-order valence-corrected chi connectivity index (χ4v) is 5.57. The Bertz CT molecular complexity index is 1610. The quantitative estimate of drug-likeness (QED) is 0.162. The maximum Gasteiger partial charge on any atom is 0.264 e. The number of nitrogens with zero attached hydrogens (tertiary/aromatic N) is 2. The zero-order valence-corrected chi connectivity index (χ0v) is 24.2. The summed E-state index contributed by atoms with van der Waals surface area (Å²) in [4.78, 5) is 13.0. The SMILES string of the molecule is CCOc1cc(/C=N\NC(=O)CN(c2ccccc2C)S(=O)(=O)c2ccccc2)ccc1OCc1ccc(Cl)cc1. The number of hydrogen-bond donors (Lipinski definition) is 1. The Hall–Kier alpha value is -4.34. The molecule has 0 heterocycles. The number of amides is 1. The van der Waals surface area contributed by atoms with Crippen molar-refractivity contribution in [3.8, 4) is 11.5 Å². The van der Waals surface area contributed by atoms with Gasteiger partial charge in [0.05, 0.1) is 23.4 Å². The Morgan fingerprint density at radius 3 is 2.34 bits per heavy atom. The van der Waals surface area contributed by atoms with Gasteiger partial charge in [-0.1, -0.05) is 60.1 Å². The van der Waals surface area contributed by atoms with E-state index in [-0.39, 0.29) is 4.90 Å². The first-order valence-electron chi connectivity index (χ1n) is 12.9. The number of carbonyl (C=O) groups is 1. The molecule has 41 heavy (non-hydrogen) atoms. The average Bonchev–Trinajstić information content (AvgIpc) is 2.97. The van der Waals surface area contributed by atoms with Gasteiger partial charge in [0, 0.05) is 5.02 Å². The molecule has 0 atom stereocenters. The van der Waals surface area contributed by atoms with E-state index < -0.39 is 22.5 Å². The summed E-state index contributed by atoms with van der Waals surface area (Å²) in [6.07, 6.45) is 1.45. The predicted molar refractivity (Wildman–Crippen MR) is 161 cm³/mol. The third-order valence-electron chi connectivity index (χ3n) is 5.98. The normalized spacial score (nSPS) is 11.3. The fraction of sp³-hybridized carbons (Fsp3) is 0.161. The zero-order chi connectivity index (χ0) is 29.2. The van der Waals surface area contributed by atoms with Gasteiger partial charge in [0.25, 0.3) is 15.9 Å². The zero-order valence-electron chi connectivity index (χ0n) is 22.7. The van der Waals surface area contributed by atoms with Crippen LogP contribution in [-0.2, 0) is 21.4 Å². The molecule has 0 saturated heterocycles. The number of hydrogen-bond acceptors (Lipinski definition) is 6. The van der Waals surface area contributed by atoms with E-state index >= 15 is 0 Å². The minimum absolute atomic E-state index is 0.0846. The Balaban J connectivity index is 1.46. The van der Waals surface area contributed by atoms with Crippen molar-refractivity contribution in [2.75, 3.05) is 17.5 Å². The van der Waals surface area contributed by atoms with Crippen molar-refractivity contribution in [2.45, 2.75) is 25.3 Å². The minimum atomic E-state index is -4.01. The first-order chi connectivity index (χ1) is 19.8. The van der Waals surface area contributed by atoms with Crippen molar-refractivity contribution in [3.63, 3.8) is 0 Å². The molecule has 0 fully saturated rings. The third kappa shape index (κ3) is 7.87. The highest BCUT2D eigenvalue weighted by atomic mass is 35.5. The van der Waals surface area contributed by atoms with Gasteiger partial charge in [-0.3, -0.25) is 9.10 Å². The van der Waals surface area contributed by atoms with Crippen LogP contribution in [0.1, 0.15) is 23.6 Å². The molecule has 0 spiro atoms. The van der Waals surface area contributed by atoms with E-state index in [2.05, 4.69) is 10.5 Å². The molecule has 4 rings (SSSR count). The first-order valence-corrected chi connectivity index (χ1v) is 14.7. The molecule has 0 aliphatic rings. The summed E-state index contributed by atoms with van der Waals surface area (Å²) in [6, 6.07) is 27.6. The van der Waals surface area contributed by atoms with Gasteiger partial charge in [-0.25, -0.2) is 13.8 Å². The summed E-state index contributed by atoms with van der Waals surface area (Å²) in [5.41, 5.74) is 5.17. The molecule has 0 aliphatic heterocycles. The van der Waals surface area contributed by atoms with Crippen LogP contribution >= 0.6 is 11.6 Å². The number of hydrazone groups is 1. The van der Waals surface area contributed by atoms with E-state index in [9.17, 15) is 13.2 Å². The summed E-state index contributed by atoms with van der Waals surface area (Å²) in [6.45, 7) is 3.97. The van der Waals surface area contributed by atoms with E-state index in [0.29, 0.717) is 46.5 Å². The van der Waals surface area contributed by atoms with Crippen LogP contribution in [0.3, 0.4) is 0 Å². The summed E-state index contributed by atoms with van der Waals surface area (Å²) >= 11 is 5.95. The minimum Gasteiger partial charge on any atom is -0.490 e. The molecule has 0 unspecified atom stereocenters. The van der Waals surface area contributed by atoms with Crippen molar-refractivity contribution in [3.05, 3.63) is 119 Å². The summed E-state index contributed by atoms with van der Waals surface area (Å²) in [7, 11) is -4.01. The molecular formula is C31H30ClN3O5S. The second-order valence-electron chi connectivity index (χ2n) is 8.96. The van der Waals surface area contributed by atoms with Gasteiger partial charge in [-0.2, -0.15) is 5.10 Å². The smallest absolute Gasteiger partial charge is 0.264 e. The average molecular weight is 592 g/mol. The van der Waals surface area contributed by atoms with Crippen LogP contribution in [0.2, 0.25) is 5.02 Å². The maximum absolute atomic E-state index is 13.5. The number of sulfonamides is 1. The van der Waals surface area contributed by atoms with Crippen LogP contribution in [0.5, 0.6) is 11.5 Å². The Kier molecular flexibility index (Phi) is 10.00. The molecule has 1 amide bonds. The number of anilines is 1. The topological polar surface area (TPSA) is 97.3 Å². The first kappa shape index (κ1) is 29.6. The van der Waals surface area contributed by atoms with Crippen molar-refractivity contribution in [1.29, 1.82) is 0 Å². The maximum atomic E-state index is 13.5. The Labute approximate surface area is 245 Å². The van der Waals surface area contributed by atoms with E-state index in [1.165, 1.54) is 18.3 Å². The van der Waals surface area contributed by atoms with Crippen molar-refractivity contribution < 1.29 is 22.7 Å². The lowest BCUT2D eigenvalue weighted by Crippen LogP contribution is -2.40. The van der Waals surface area contributed by atoms with Gasteiger partial charge >= 0.3 is 0 Å². The number of aryl methyl sites for hydroxylation is 1. The standard InChI is InChI=1S/C31H30ClN3O5S/c1-3-39-30-19-25(15-18-29(30)40-22-24-13-16-26(32)17-14-24)20-33-34-31(36)21-35(28-12-8-7-9-23(28)2)41(37,38)27-10-5-4-6-11-27/h4-20H,3,21-22H2,1-2H3,(H,34,36)/b33-20-. The fourth-order valence-electron chi connectivity index (χ4n) is 3.94. The van der Waals surface area contributed by atoms with Gasteiger partial charge in [-0.05, 0) is 79.1 Å². The molecular weight excluding hydrogens is 562 g/mol. The summed E-state index contributed by atoms with van der Waals surface area (Å²) in [5.74, 6) is 0.483. The van der Waals surface area contributed by atoms with Gasteiger partial charge in [0.2, 0.25) is 0 Å². The number of carbonyl (C=O) groups excluding carboxylic acids is 1. The second kappa shape index (κ2) is 13.8. The number of ether oxygens (including phenoxy) is 2. The number of para-hydroxylation sites is 1. The van der Waals surface area contributed by atoms with Crippen LogP contribution < -0.4 is 19.2 Å². The number of halogens is 1. The monoisotopic (exact) mass is 591 g/mol. The van der Waals surface area contributed by atoms with Crippen molar-refractivity contribution >= 4 is 39.4 Å². The molecule has 8 nitrogen and oxygen atoms in total. The number of benzene rings is 4. The highest BCUT2D eigenvalue weighted by Gasteiger charge is 2.28. The molecule has 0 radical (unpaired) electrons. The van der Waals surface area contributed by atoms with Gasteiger partial charge in [-0.15, -0.1) is 0 Å². The van der Waals surface area contributed by atoms with E-state index in [1.807, 2.05) is 19.1 Å². The van der Waals surface area contributed by atoms with Gasteiger partial charge in [0.1, 0.15) is 13.2 Å². The molecule has 0 aromatic heterocycles. The van der Waals surface area contributed by atoms with Crippen LogP contribution in [-0.4, -0.2) is 33.7 Å². The highest BCUT2D eigenvalue weighted by Crippen LogP contribution is 2.29. The lowest BCUT2D eigenvalue weighted by atomic mass is 10.2. The lowest BCUT2D eigenvalue weighted by molar-refractivity contribution is -0.119. The van der Waals surface area contributed by atoms with Gasteiger partial charge in [0.15, 0.2) is 11.5 Å². The lowest BCUT2D eigenvalue weighted by Gasteiger charge is -2.25. The summed E-state index contributed by atoms with van der Waals surface area (Å²) in [5, 5.41) is 4.70. The largest absolute Gasteiger partial charge is 0.490 e. The van der Waals surface area contributed by atoms with E-state index in [1.54, 1.807) is 79.7 Å². The van der Waals surface area contributed by atoms with Crippen LogP contribution in [0.25, 0.3) is 0 Å². The molecule has 1 N–H and O–H groups in total. The van der Waals surface area contributed by atoms with Crippen molar-refractivity contribution in [2.24, 2.45) is 5.10 Å². The predicted octanol–water partition coefficient (Wildman–Crippen LogP) is 5.97. The van der Waals surface area contributed by atoms with Gasteiger partial charge < -0.3 is 9.47 Å². The molecule has 0 saturated carbocycles. The Morgan fingerprint density at radius 1 is 0.927 bits per heavy atom. The Morgan fingerprint density at radius 2 is 1.63 bits per heavy atom. The second-order valence-corrected chi connectivity index (χ2v) is 11.3. The number of nitrogens with one attached hydrogen (secondary N) is 1. The van der Waals surface area contributed by atoms with Crippen molar-refractivity contribution in [1.82, 2.24) is 5.43 Å². The van der Waals surface area contributed by atoms with Crippen LogP contribution in [0.15, 0.2) is 107 Å².